The molecule has 0 spiro atoms. The van der Waals surface area contributed by atoms with Crippen LogP contribution in [0.4, 0.5) is 0 Å². The molecule has 0 bridgehead atoms. The van der Waals surface area contributed by atoms with Crippen LogP contribution in [-0.2, 0) is 19.6 Å². The Hall–Kier alpha value is -2.80. The van der Waals surface area contributed by atoms with Gasteiger partial charge in [-0.15, -0.1) is 11.8 Å². The van der Waals surface area contributed by atoms with Gasteiger partial charge in [0.25, 0.3) is 0 Å². The molecule has 0 saturated carbocycles. The number of nitrogens with zero attached hydrogens (tertiary/aromatic N) is 5. The number of benzene rings is 2. The molecule has 0 unspecified atom stereocenters. The maximum atomic E-state index is 4.42. The number of aromatic nitrogens is 3. The standard InChI is InChI=1S/C21H26N6S/c1-22-21(26(2)13-17-7-9-20(28-3)10-8-17)24-12-18-5-4-6-19(11-18)14-27-16-23-15-25-27/h4-11,15-16H,12-14H2,1-3H3,(H,22,24). The minimum atomic E-state index is 0.716. The highest BCUT2D eigenvalue weighted by molar-refractivity contribution is 7.98. The van der Waals surface area contributed by atoms with Crippen LogP contribution in [0.5, 0.6) is 0 Å². The molecule has 0 aliphatic rings. The lowest BCUT2D eigenvalue weighted by atomic mass is 10.1. The molecule has 3 aromatic rings. The quantitative estimate of drug-likeness (QED) is 0.379. The summed E-state index contributed by atoms with van der Waals surface area (Å²) in [5.41, 5.74) is 3.66. The van der Waals surface area contributed by atoms with E-state index in [1.807, 2.05) is 11.7 Å². The minimum Gasteiger partial charge on any atom is -0.352 e. The predicted molar refractivity (Wildman–Crippen MR) is 115 cm³/mol. The predicted octanol–water partition coefficient (Wildman–Crippen LogP) is 3.26. The average molecular weight is 395 g/mol. The molecule has 7 heteroatoms. The van der Waals surface area contributed by atoms with Crippen LogP contribution < -0.4 is 5.32 Å². The zero-order valence-electron chi connectivity index (χ0n) is 16.5. The molecule has 28 heavy (non-hydrogen) atoms. The van der Waals surface area contributed by atoms with Crippen molar-refractivity contribution in [1.29, 1.82) is 0 Å². The second-order valence-corrected chi connectivity index (χ2v) is 7.40. The fourth-order valence-corrected chi connectivity index (χ4v) is 3.39. The first kappa shape index (κ1) is 19.9. The van der Waals surface area contributed by atoms with E-state index in [0.29, 0.717) is 13.1 Å². The summed E-state index contributed by atoms with van der Waals surface area (Å²) < 4.78 is 1.82. The van der Waals surface area contributed by atoms with Gasteiger partial charge < -0.3 is 10.2 Å². The highest BCUT2D eigenvalue weighted by atomic mass is 32.2. The van der Waals surface area contributed by atoms with E-state index in [2.05, 4.69) is 87.1 Å². The van der Waals surface area contributed by atoms with Crippen molar-refractivity contribution in [3.8, 4) is 0 Å². The minimum absolute atomic E-state index is 0.716. The SMILES string of the molecule is CN=C(NCc1cccc(Cn2cncn2)c1)N(C)Cc1ccc(SC)cc1. The van der Waals surface area contributed by atoms with Gasteiger partial charge in [0.2, 0.25) is 0 Å². The van der Waals surface area contributed by atoms with E-state index in [1.54, 1.807) is 24.4 Å². The molecule has 3 rings (SSSR count). The molecule has 2 aromatic carbocycles. The summed E-state index contributed by atoms with van der Waals surface area (Å²) in [5, 5.41) is 7.62. The van der Waals surface area contributed by atoms with Crippen molar-refractivity contribution in [2.45, 2.75) is 24.5 Å². The number of hydrogen-bond donors (Lipinski definition) is 1. The van der Waals surface area contributed by atoms with Crippen LogP contribution >= 0.6 is 11.8 Å². The first-order valence-electron chi connectivity index (χ1n) is 9.13. The zero-order valence-corrected chi connectivity index (χ0v) is 17.4. The van der Waals surface area contributed by atoms with E-state index in [1.165, 1.54) is 21.6 Å². The number of nitrogens with one attached hydrogen (secondary N) is 1. The first-order chi connectivity index (χ1) is 13.7. The van der Waals surface area contributed by atoms with Gasteiger partial charge in [-0.2, -0.15) is 5.10 Å². The molecule has 0 fully saturated rings. The molecule has 0 radical (unpaired) electrons. The van der Waals surface area contributed by atoms with Crippen LogP contribution in [0.3, 0.4) is 0 Å². The Morgan fingerprint density at radius 3 is 2.61 bits per heavy atom. The Kier molecular flexibility index (Phi) is 7.08. The van der Waals surface area contributed by atoms with Crippen molar-refractivity contribution in [1.82, 2.24) is 25.0 Å². The summed E-state index contributed by atoms with van der Waals surface area (Å²) in [6.07, 6.45) is 5.38. The highest BCUT2D eigenvalue weighted by Crippen LogP contribution is 2.15. The third-order valence-electron chi connectivity index (χ3n) is 4.41. The van der Waals surface area contributed by atoms with Gasteiger partial charge in [0.15, 0.2) is 5.96 Å². The highest BCUT2D eigenvalue weighted by Gasteiger charge is 2.07. The Bertz CT molecular complexity index is 890. The van der Waals surface area contributed by atoms with E-state index in [-0.39, 0.29) is 0 Å². The van der Waals surface area contributed by atoms with E-state index >= 15 is 0 Å². The second kappa shape index (κ2) is 9.94. The summed E-state index contributed by atoms with van der Waals surface area (Å²) in [6.45, 7) is 2.24. The van der Waals surface area contributed by atoms with Crippen LogP contribution in [0, 0.1) is 0 Å². The third kappa shape index (κ3) is 5.60. The van der Waals surface area contributed by atoms with Gasteiger partial charge in [0, 0.05) is 32.1 Å². The fourth-order valence-electron chi connectivity index (χ4n) is 2.98. The molecule has 6 nitrogen and oxygen atoms in total. The summed E-state index contributed by atoms with van der Waals surface area (Å²) in [7, 11) is 3.87. The van der Waals surface area contributed by atoms with Crippen molar-refractivity contribution in [3.05, 3.63) is 77.9 Å². The lowest BCUT2D eigenvalue weighted by Crippen LogP contribution is -2.38. The van der Waals surface area contributed by atoms with Crippen LogP contribution in [0.1, 0.15) is 16.7 Å². The Morgan fingerprint density at radius 2 is 1.93 bits per heavy atom. The lowest BCUT2D eigenvalue weighted by molar-refractivity contribution is 0.476. The van der Waals surface area contributed by atoms with Crippen molar-refractivity contribution in [2.75, 3.05) is 20.4 Å². The van der Waals surface area contributed by atoms with Crippen LogP contribution in [-0.4, -0.2) is 46.0 Å². The molecule has 0 atom stereocenters. The molecule has 1 N–H and O–H groups in total. The number of rotatable bonds is 7. The number of guanidine groups is 1. The first-order valence-corrected chi connectivity index (χ1v) is 10.4. The largest absolute Gasteiger partial charge is 0.352 e. The van der Waals surface area contributed by atoms with Crippen LogP contribution in [0.2, 0.25) is 0 Å². The number of thioether (sulfide) groups is 1. The summed E-state index contributed by atoms with van der Waals surface area (Å²) >= 11 is 1.76. The van der Waals surface area contributed by atoms with Gasteiger partial charge in [-0.3, -0.25) is 4.99 Å². The maximum Gasteiger partial charge on any atom is 0.193 e. The monoisotopic (exact) mass is 394 g/mol. The smallest absolute Gasteiger partial charge is 0.193 e. The average Bonchev–Trinajstić information content (AvgIpc) is 3.22. The van der Waals surface area contributed by atoms with Gasteiger partial charge in [-0.25, -0.2) is 9.67 Å². The summed E-state index contributed by atoms with van der Waals surface area (Å²) in [4.78, 5) is 11.8. The molecular weight excluding hydrogens is 368 g/mol. The van der Waals surface area contributed by atoms with Crippen molar-refractivity contribution >= 4 is 17.7 Å². The van der Waals surface area contributed by atoms with E-state index in [9.17, 15) is 0 Å². The molecular formula is C21H26N6S. The molecule has 0 amide bonds. The van der Waals surface area contributed by atoms with Crippen molar-refractivity contribution in [3.63, 3.8) is 0 Å². The maximum absolute atomic E-state index is 4.42. The van der Waals surface area contributed by atoms with Gasteiger partial charge >= 0.3 is 0 Å². The van der Waals surface area contributed by atoms with Crippen LogP contribution in [0.15, 0.2) is 71.1 Å². The Morgan fingerprint density at radius 1 is 1.14 bits per heavy atom. The number of aliphatic imine (C=N–C) groups is 1. The van der Waals surface area contributed by atoms with E-state index < -0.39 is 0 Å². The summed E-state index contributed by atoms with van der Waals surface area (Å²) in [5.74, 6) is 0.871. The fraction of sp³-hybridized carbons (Fsp3) is 0.286. The Labute approximate surface area is 170 Å². The number of hydrogen-bond acceptors (Lipinski definition) is 4. The molecule has 0 aliphatic carbocycles. The summed E-state index contributed by atoms with van der Waals surface area (Å²) in [6, 6.07) is 17.1. The van der Waals surface area contributed by atoms with E-state index in [4.69, 9.17) is 0 Å². The normalized spacial score (nSPS) is 11.5. The van der Waals surface area contributed by atoms with Gasteiger partial charge in [0.05, 0.1) is 6.54 Å². The second-order valence-electron chi connectivity index (χ2n) is 6.52. The van der Waals surface area contributed by atoms with Crippen LogP contribution in [0.25, 0.3) is 0 Å². The molecule has 1 heterocycles. The molecule has 0 aliphatic heterocycles. The zero-order chi connectivity index (χ0) is 19.8. The molecule has 1 aromatic heterocycles. The molecule has 0 saturated heterocycles. The van der Waals surface area contributed by atoms with E-state index in [0.717, 1.165) is 12.5 Å². The van der Waals surface area contributed by atoms with Crippen molar-refractivity contribution < 1.29 is 0 Å². The van der Waals surface area contributed by atoms with Gasteiger partial charge in [-0.1, -0.05) is 36.4 Å². The third-order valence-corrected chi connectivity index (χ3v) is 5.15. The lowest BCUT2D eigenvalue weighted by Gasteiger charge is -2.22. The van der Waals surface area contributed by atoms with Gasteiger partial charge in [0.1, 0.15) is 12.7 Å². The van der Waals surface area contributed by atoms with Crippen molar-refractivity contribution in [2.24, 2.45) is 4.99 Å². The van der Waals surface area contributed by atoms with Gasteiger partial charge in [-0.05, 0) is 35.1 Å². The molecule has 146 valence electrons. The topological polar surface area (TPSA) is 58.3 Å². The Balaban J connectivity index is 1.57.